The van der Waals surface area contributed by atoms with Gasteiger partial charge >= 0.3 is 0 Å². The van der Waals surface area contributed by atoms with Crippen LogP contribution >= 0.6 is 0 Å². The highest BCUT2D eigenvalue weighted by molar-refractivity contribution is 7.91. The summed E-state index contributed by atoms with van der Waals surface area (Å²) in [4.78, 5) is 12.0. The molecular formula is C20H25NO5S. The second kappa shape index (κ2) is 9.97. The van der Waals surface area contributed by atoms with Crippen LogP contribution in [0, 0.1) is 0 Å². The zero-order chi connectivity index (χ0) is 19.7. The van der Waals surface area contributed by atoms with Crippen LogP contribution < -0.4 is 14.8 Å². The number of sulfone groups is 1. The summed E-state index contributed by atoms with van der Waals surface area (Å²) < 4.78 is 35.1. The van der Waals surface area contributed by atoms with E-state index in [2.05, 4.69) is 5.32 Å². The van der Waals surface area contributed by atoms with E-state index in [-0.39, 0.29) is 23.0 Å². The van der Waals surface area contributed by atoms with Gasteiger partial charge in [-0.3, -0.25) is 4.79 Å². The Morgan fingerprint density at radius 2 is 1.70 bits per heavy atom. The van der Waals surface area contributed by atoms with Crippen molar-refractivity contribution in [3.8, 4) is 11.5 Å². The fraction of sp³-hybridized carbons (Fsp3) is 0.350. The molecule has 0 radical (unpaired) electrons. The highest BCUT2D eigenvalue weighted by Gasteiger charge is 2.18. The molecule has 0 bridgehead atoms. The van der Waals surface area contributed by atoms with Crippen LogP contribution in [0.15, 0.2) is 53.4 Å². The molecule has 7 heteroatoms. The minimum Gasteiger partial charge on any atom is -0.493 e. The minimum absolute atomic E-state index is 0.0813. The first-order chi connectivity index (χ1) is 13.0. The summed E-state index contributed by atoms with van der Waals surface area (Å²) in [5.41, 5.74) is 1.21. The maximum Gasteiger partial charge on any atom is 0.221 e. The Morgan fingerprint density at radius 1 is 1.00 bits per heavy atom. The summed E-state index contributed by atoms with van der Waals surface area (Å²) in [7, 11) is -0.661. The number of hydrogen-bond acceptors (Lipinski definition) is 5. The zero-order valence-corrected chi connectivity index (χ0v) is 16.4. The summed E-state index contributed by atoms with van der Waals surface area (Å²) in [5.74, 6) is 0.260. The highest BCUT2D eigenvalue weighted by atomic mass is 32.2. The third-order valence-corrected chi connectivity index (χ3v) is 5.83. The number of aryl methyl sites for hydroxylation is 1. The maximum atomic E-state index is 12.4. The lowest BCUT2D eigenvalue weighted by atomic mass is 10.1. The van der Waals surface area contributed by atoms with E-state index in [1.54, 1.807) is 0 Å². The summed E-state index contributed by atoms with van der Waals surface area (Å²) >= 11 is 0. The topological polar surface area (TPSA) is 81.7 Å². The molecule has 0 saturated carbocycles. The van der Waals surface area contributed by atoms with Crippen molar-refractivity contribution >= 4 is 15.7 Å². The third-order valence-electron chi connectivity index (χ3n) is 4.12. The number of ether oxygens (including phenoxy) is 2. The van der Waals surface area contributed by atoms with E-state index in [9.17, 15) is 13.2 Å². The number of carbonyl (C=O) groups excluding carboxylic acids is 1. The van der Waals surface area contributed by atoms with E-state index in [1.165, 1.54) is 38.0 Å². The Balaban J connectivity index is 1.81. The smallest absolute Gasteiger partial charge is 0.221 e. The minimum atomic E-state index is -3.58. The first-order valence-electron chi connectivity index (χ1n) is 8.71. The van der Waals surface area contributed by atoms with Crippen LogP contribution in [0.5, 0.6) is 11.5 Å². The van der Waals surface area contributed by atoms with Crippen LogP contribution in [-0.2, 0) is 21.1 Å². The lowest BCUT2D eigenvalue weighted by Crippen LogP contribution is -2.26. The van der Waals surface area contributed by atoms with E-state index in [0.29, 0.717) is 18.0 Å². The van der Waals surface area contributed by atoms with Crippen molar-refractivity contribution < 1.29 is 22.7 Å². The molecule has 0 aliphatic heterocycles. The van der Waals surface area contributed by atoms with E-state index >= 15 is 0 Å². The molecule has 2 rings (SSSR count). The van der Waals surface area contributed by atoms with Gasteiger partial charge in [-0.15, -0.1) is 0 Å². The van der Waals surface area contributed by atoms with Crippen LogP contribution in [-0.4, -0.2) is 40.8 Å². The number of carbonyl (C=O) groups is 1. The van der Waals surface area contributed by atoms with Gasteiger partial charge in [0.15, 0.2) is 21.3 Å². The summed E-state index contributed by atoms with van der Waals surface area (Å²) in [6, 6.07) is 14.4. The summed E-state index contributed by atoms with van der Waals surface area (Å²) in [6.07, 6.45) is 1.59. The van der Waals surface area contributed by atoms with Crippen molar-refractivity contribution in [3.05, 3.63) is 54.1 Å². The lowest BCUT2D eigenvalue weighted by molar-refractivity contribution is -0.120. The monoisotopic (exact) mass is 391 g/mol. The van der Waals surface area contributed by atoms with Gasteiger partial charge in [-0.05, 0) is 30.5 Å². The Hall–Kier alpha value is -2.54. The van der Waals surface area contributed by atoms with Gasteiger partial charge in [0, 0.05) is 19.0 Å². The van der Waals surface area contributed by atoms with Gasteiger partial charge in [0.2, 0.25) is 5.91 Å². The van der Waals surface area contributed by atoms with E-state index < -0.39 is 9.84 Å². The van der Waals surface area contributed by atoms with Crippen LogP contribution in [0.25, 0.3) is 0 Å². The van der Waals surface area contributed by atoms with Crippen molar-refractivity contribution in [1.29, 1.82) is 0 Å². The molecule has 0 aliphatic carbocycles. The first kappa shape index (κ1) is 20.8. The molecule has 0 atom stereocenters. The normalized spacial score (nSPS) is 11.0. The summed E-state index contributed by atoms with van der Waals surface area (Å²) in [5, 5.41) is 2.77. The van der Waals surface area contributed by atoms with Crippen LogP contribution in [0.2, 0.25) is 0 Å². The number of rotatable bonds is 10. The average molecular weight is 391 g/mol. The van der Waals surface area contributed by atoms with Crippen molar-refractivity contribution in [3.63, 3.8) is 0 Å². The maximum absolute atomic E-state index is 12.4. The van der Waals surface area contributed by atoms with Gasteiger partial charge in [0.25, 0.3) is 0 Å². The quantitative estimate of drug-likeness (QED) is 0.630. The van der Waals surface area contributed by atoms with Crippen molar-refractivity contribution in [2.45, 2.75) is 24.2 Å². The largest absolute Gasteiger partial charge is 0.493 e. The molecular weight excluding hydrogens is 366 g/mol. The van der Waals surface area contributed by atoms with Gasteiger partial charge in [-0.25, -0.2) is 8.42 Å². The number of amides is 1. The molecule has 0 heterocycles. The number of hydrogen-bond donors (Lipinski definition) is 1. The van der Waals surface area contributed by atoms with Gasteiger partial charge in [0.05, 0.1) is 24.9 Å². The number of benzene rings is 2. The molecule has 0 saturated heterocycles. The highest BCUT2D eigenvalue weighted by Crippen LogP contribution is 2.29. The lowest BCUT2D eigenvalue weighted by Gasteiger charge is -2.10. The molecule has 2 aromatic rings. The van der Waals surface area contributed by atoms with E-state index in [0.717, 1.165) is 12.8 Å². The van der Waals surface area contributed by atoms with Crippen LogP contribution in [0.3, 0.4) is 0 Å². The SMILES string of the molecule is COc1ccc(S(=O)(=O)CCC(=O)NCCCc2ccccc2)cc1OC. The number of nitrogens with one attached hydrogen (secondary N) is 1. The fourth-order valence-corrected chi connectivity index (χ4v) is 3.86. The van der Waals surface area contributed by atoms with Crippen molar-refractivity contribution in [2.75, 3.05) is 26.5 Å². The molecule has 0 unspecified atom stereocenters. The predicted molar refractivity (Wildman–Crippen MR) is 104 cm³/mol. The standard InChI is InChI=1S/C20H25NO5S/c1-25-18-11-10-17(15-19(18)26-2)27(23,24)14-12-20(22)21-13-6-9-16-7-4-3-5-8-16/h3-5,7-8,10-11,15H,6,9,12-14H2,1-2H3,(H,21,22). The van der Waals surface area contributed by atoms with Gasteiger partial charge in [0.1, 0.15) is 0 Å². The zero-order valence-electron chi connectivity index (χ0n) is 15.6. The predicted octanol–water partition coefficient (Wildman–Crippen LogP) is 2.62. The first-order valence-corrected chi connectivity index (χ1v) is 10.4. The molecule has 0 aromatic heterocycles. The molecule has 146 valence electrons. The van der Waals surface area contributed by atoms with Crippen LogP contribution in [0.4, 0.5) is 0 Å². The van der Waals surface area contributed by atoms with E-state index in [4.69, 9.17) is 9.47 Å². The molecule has 0 fully saturated rings. The molecule has 0 spiro atoms. The van der Waals surface area contributed by atoms with Crippen molar-refractivity contribution in [1.82, 2.24) is 5.32 Å². The summed E-state index contributed by atoms with van der Waals surface area (Å²) in [6.45, 7) is 0.518. The Morgan fingerprint density at radius 3 is 2.37 bits per heavy atom. The second-order valence-electron chi connectivity index (χ2n) is 6.02. The molecule has 1 amide bonds. The van der Waals surface area contributed by atoms with Gasteiger partial charge < -0.3 is 14.8 Å². The molecule has 2 aromatic carbocycles. The van der Waals surface area contributed by atoms with Gasteiger partial charge in [-0.2, -0.15) is 0 Å². The van der Waals surface area contributed by atoms with Crippen molar-refractivity contribution in [2.24, 2.45) is 0 Å². The Bertz CT molecular complexity index is 850. The van der Waals surface area contributed by atoms with Crippen LogP contribution in [0.1, 0.15) is 18.4 Å². The fourth-order valence-electron chi connectivity index (χ4n) is 2.61. The van der Waals surface area contributed by atoms with Gasteiger partial charge in [-0.1, -0.05) is 30.3 Å². The average Bonchev–Trinajstić information content (AvgIpc) is 2.70. The number of methoxy groups -OCH3 is 2. The Labute approximate surface area is 160 Å². The Kier molecular flexibility index (Phi) is 7.67. The molecule has 27 heavy (non-hydrogen) atoms. The third kappa shape index (κ3) is 6.29. The second-order valence-corrected chi connectivity index (χ2v) is 8.13. The molecule has 6 nitrogen and oxygen atoms in total. The molecule has 0 aliphatic rings. The molecule has 1 N–H and O–H groups in total. The van der Waals surface area contributed by atoms with E-state index in [1.807, 2.05) is 30.3 Å².